The van der Waals surface area contributed by atoms with E-state index in [9.17, 15) is 4.79 Å². The van der Waals surface area contributed by atoms with Crippen LogP contribution in [-0.4, -0.2) is 17.5 Å². The molecule has 0 saturated heterocycles. The van der Waals surface area contributed by atoms with Crippen LogP contribution in [0.3, 0.4) is 0 Å². The Morgan fingerprint density at radius 1 is 1.12 bits per heavy atom. The Balaban J connectivity index is 1.42. The predicted molar refractivity (Wildman–Crippen MR) is 99.1 cm³/mol. The first-order valence-electron chi connectivity index (χ1n) is 8.45. The second-order valence-electron chi connectivity index (χ2n) is 6.18. The van der Waals surface area contributed by atoms with Gasteiger partial charge in [-0.05, 0) is 48.9 Å². The van der Waals surface area contributed by atoms with Gasteiger partial charge in [0.2, 0.25) is 5.88 Å². The lowest BCUT2D eigenvalue weighted by atomic mass is 10.1. The maximum absolute atomic E-state index is 12.4. The van der Waals surface area contributed by atoms with Crippen molar-refractivity contribution in [2.45, 2.75) is 13.3 Å². The fraction of sp³-hybridized carbons (Fsp3) is 0.143. The van der Waals surface area contributed by atoms with Crippen molar-refractivity contribution in [1.29, 1.82) is 0 Å². The first kappa shape index (κ1) is 16.1. The summed E-state index contributed by atoms with van der Waals surface area (Å²) in [6.07, 6.45) is 2.42. The number of nitrogens with zero attached hydrogens (tertiary/aromatic N) is 1. The van der Waals surface area contributed by atoms with Gasteiger partial charge in [-0.3, -0.25) is 4.79 Å². The van der Waals surface area contributed by atoms with Gasteiger partial charge in [-0.2, -0.15) is 0 Å². The molecule has 0 aliphatic carbocycles. The molecule has 1 N–H and O–H groups in total. The third-order valence-corrected chi connectivity index (χ3v) is 4.19. The van der Waals surface area contributed by atoms with Crippen molar-refractivity contribution in [1.82, 2.24) is 4.98 Å². The first-order chi connectivity index (χ1) is 12.7. The molecular formula is C21H18N2O3. The normalized spacial score (nSPS) is 12.2. The summed E-state index contributed by atoms with van der Waals surface area (Å²) >= 11 is 0. The van der Waals surface area contributed by atoms with Crippen LogP contribution in [0.15, 0.2) is 60.8 Å². The highest BCUT2D eigenvalue weighted by Gasteiger charge is 2.15. The molecule has 5 nitrogen and oxygen atoms in total. The van der Waals surface area contributed by atoms with Gasteiger partial charge in [-0.15, -0.1) is 0 Å². The Kier molecular flexibility index (Phi) is 4.27. The van der Waals surface area contributed by atoms with E-state index in [1.54, 1.807) is 24.4 Å². The molecule has 0 saturated carbocycles. The van der Waals surface area contributed by atoms with E-state index in [0.29, 0.717) is 23.7 Å². The van der Waals surface area contributed by atoms with Crippen molar-refractivity contribution >= 4 is 11.6 Å². The Hall–Kier alpha value is -3.34. The van der Waals surface area contributed by atoms with Crippen molar-refractivity contribution in [3.05, 3.63) is 77.5 Å². The molecule has 1 amide bonds. The van der Waals surface area contributed by atoms with Crippen LogP contribution >= 0.6 is 0 Å². The van der Waals surface area contributed by atoms with Gasteiger partial charge in [0, 0.05) is 18.1 Å². The molecular weight excluding hydrogens is 328 g/mol. The number of anilines is 1. The number of aromatic nitrogens is 1. The van der Waals surface area contributed by atoms with Crippen LogP contribution in [0, 0.1) is 6.92 Å². The maximum atomic E-state index is 12.4. The molecule has 0 atom stereocenters. The molecule has 2 heterocycles. The smallest absolute Gasteiger partial charge is 0.255 e. The van der Waals surface area contributed by atoms with Crippen molar-refractivity contribution in [3.63, 3.8) is 0 Å². The lowest BCUT2D eigenvalue weighted by molar-refractivity contribution is 0.102. The van der Waals surface area contributed by atoms with Crippen LogP contribution in [-0.2, 0) is 6.42 Å². The highest BCUT2D eigenvalue weighted by molar-refractivity contribution is 6.04. The van der Waals surface area contributed by atoms with Gasteiger partial charge in [0.25, 0.3) is 5.91 Å². The van der Waals surface area contributed by atoms with Crippen molar-refractivity contribution < 1.29 is 14.3 Å². The Morgan fingerprint density at radius 3 is 2.73 bits per heavy atom. The fourth-order valence-electron chi connectivity index (χ4n) is 2.77. The quantitative estimate of drug-likeness (QED) is 0.762. The first-order valence-corrected chi connectivity index (χ1v) is 8.45. The molecule has 1 aromatic heterocycles. The molecule has 0 bridgehead atoms. The zero-order valence-corrected chi connectivity index (χ0v) is 14.4. The minimum atomic E-state index is -0.172. The number of amides is 1. The van der Waals surface area contributed by atoms with Crippen LogP contribution in [0.25, 0.3) is 0 Å². The van der Waals surface area contributed by atoms with Gasteiger partial charge in [0.1, 0.15) is 11.5 Å². The minimum Gasteiger partial charge on any atom is -0.493 e. The number of carbonyl (C=O) groups is 1. The van der Waals surface area contributed by atoms with Gasteiger partial charge in [0.05, 0.1) is 18.5 Å². The predicted octanol–water partition coefficient (Wildman–Crippen LogP) is 4.37. The standard InChI is InChI=1S/C21H18N2O3/c1-14-2-6-18(7-3-14)26-20-9-5-17(13-22-20)23-21(24)16-4-8-19-15(12-16)10-11-25-19/h2-9,12-13H,10-11H2,1H3,(H,23,24). The van der Waals surface area contributed by atoms with E-state index in [2.05, 4.69) is 10.3 Å². The van der Waals surface area contributed by atoms with E-state index in [4.69, 9.17) is 9.47 Å². The van der Waals surface area contributed by atoms with Crippen LogP contribution in [0.4, 0.5) is 5.69 Å². The van der Waals surface area contributed by atoms with E-state index < -0.39 is 0 Å². The largest absolute Gasteiger partial charge is 0.493 e. The summed E-state index contributed by atoms with van der Waals surface area (Å²) in [5.74, 6) is 1.89. The number of nitrogens with one attached hydrogen (secondary N) is 1. The molecule has 1 aliphatic rings. The average Bonchev–Trinajstić information content (AvgIpc) is 3.13. The van der Waals surface area contributed by atoms with E-state index in [1.807, 2.05) is 43.3 Å². The van der Waals surface area contributed by atoms with Gasteiger partial charge in [-0.25, -0.2) is 4.98 Å². The number of hydrogen-bond donors (Lipinski definition) is 1. The number of benzene rings is 2. The summed E-state index contributed by atoms with van der Waals surface area (Å²) in [6.45, 7) is 2.69. The lowest BCUT2D eigenvalue weighted by Gasteiger charge is -2.08. The second-order valence-corrected chi connectivity index (χ2v) is 6.18. The SMILES string of the molecule is Cc1ccc(Oc2ccc(NC(=O)c3ccc4c(c3)CCO4)cn2)cc1. The highest BCUT2D eigenvalue weighted by atomic mass is 16.5. The van der Waals surface area contributed by atoms with Crippen LogP contribution in [0.1, 0.15) is 21.5 Å². The molecule has 0 spiro atoms. The Morgan fingerprint density at radius 2 is 1.96 bits per heavy atom. The van der Waals surface area contributed by atoms with Crippen molar-refractivity contribution in [2.24, 2.45) is 0 Å². The van der Waals surface area contributed by atoms with E-state index in [-0.39, 0.29) is 5.91 Å². The molecule has 5 heteroatoms. The van der Waals surface area contributed by atoms with E-state index in [1.165, 1.54) is 5.56 Å². The molecule has 1 aliphatic heterocycles. The minimum absolute atomic E-state index is 0.172. The number of pyridine rings is 1. The number of carbonyl (C=O) groups excluding carboxylic acids is 1. The fourth-order valence-corrected chi connectivity index (χ4v) is 2.77. The second kappa shape index (κ2) is 6.88. The number of hydrogen-bond acceptors (Lipinski definition) is 4. The van der Waals surface area contributed by atoms with E-state index >= 15 is 0 Å². The maximum Gasteiger partial charge on any atom is 0.255 e. The zero-order chi connectivity index (χ0) is 17.9. The van der Waals surface area contributed by atoms with Gasteiger partial charge in [0.15, 0.2) is 0 Å². The lowest BCUT2D eigenvalue weighted by Crippen LogP contribution is -2.12. The van der Waals surface area contributed by atoms with Crippen LogP contribution in [0.5, 0.6) is 17.4 Å². The zero-order valence-electron chi connectivity index (χ0n) is 14.4. The number of fused-ring (bicyclic) bond motifs is 1. The third-order valence-electron chi connectivity index (χ3n) is 4.19. The summed E-state index contributed by atoms with van der Waals surface area (Å²) < 4.78 is 11.2. The summed E-state index contributed by atoms with van der Waals surface area (Å²) in [6, 6.07) is 16.7. The Bertz CT molecular complexity index is 934. The van der Waals surface area contributed by atoms with Crippen molar-refractivity contribution in [3.8, 4) is 17.4 Å². The Labute approximate surface area is 151 Å². The summed E-state index contributed by atoms with van der Waals surface area (Å²) in [4.78, 5) is 16.7. The molecule has 130 valence electrons. The monoisotopic (exact) mass is 346 g/mol. The molecule has 0 fully saturated rings. The molecule has 2 aromatic carbocycles. The van der Waals surface area contributed by atoms with Crippen molar-refractivity contribution in [2.75, 3.05) is 11.9 Å². The molecule has 26 heavy (non-hydrogen) atoms. The third kappa shape index (κ3) is 3.52. The topological polar surface area (TPSA) is 60.5 Å². The van der Waals surface area contributed by atoms with Crippen LogP contribution in [0.2, 0.25) is 0 Å². The van der Waals surface area contributed by atoms with Crippen LogP contribution < -0.4 is 14.8 Å². The van der Waals surface area contributed by atoms with E-state index in [0.717, 1.165) is 23.5 Å². The molecule has 0 radical (unpaired) electrons. The summed E-state index contributed by atoms with van der Waals surface area (Å²) in [7, 11) is 0. The number of rotatable bonds is 4. The summed E-state index contributed by atoms with van der Waals surface area (Å²) in [5, 5.41) is 2.85. The average molecular weight is 346 g/mol. The molecule has 0 unspecified atom stereocenters. The molecule has 4 rings (SSSR count). The summed E-state index contributed by atoms with van der Waals surface area (Å²) in [5.41, 5.74) is 3.45. The molecule has 3 aromatic rings. The highest BCUT2D eigenvalue weighted by Crippen LogP contribution is 2.26. The number of aryl methyl sites for hydroxylation is 1. The van der Waals surface area contributed by atoms with Gasteiger partial charge >= 0.3 is 0 Å². The van der Waals surface area contributed by atoms with Gasteiger partial charge < -0.3 is 14.8 Å². The van der Waals surface area contributed by atoms with Gasteiger partial charge in [-0.1, -0.05) is 17.7 Å². The number of ether oxygens (including phenoxy) is 2.